The second-order valence-corrected chi connectivity index (χ2v) is 4.71. The third kappa shape index (κ3) is 3.43. The van der Waals surface area contributed by atoms with Crippen molar-refractivity contribution in [2.75, 3.05) is 31.1 Å². The highest BCUT2D eigenvalue weighted by molar-refractivity contribution is 5.46. The zero-order valence-electron chi connectivity index (χ0n) is 10.5. The minimum Gasteiger partial charge on any atom is -0.372 e. The van der Waals surface area contributed by atoms with Crippen LogP contribution in [0.4, 0.5) is 10.1 Å². The van der Waals surface area contributed by atoms with Crippen molar-refractivity contribution < 1.29 is 4.39 Å². The molecule has 3 heteroatoms. The molecule has 1 aromatic rings. The average molecular weight is 236 g/mol. The fourth-order valence-corrected chi connectivity index (χ4v) is 2.44. The first-order valence-corrected chi connectivity index (χ1v) is 6.51. The van der Waals surface area contributed by atoms with Crippen LogP contribution in [-0.4, -0.2) is 26.2 Å². The van der Waals surface area contributed by atoms with Gasteiger partial charge in [0.2, 0.25) is 0 Å². The maximum atomic E-state index is 12.9. The molecule has 0 aromatic heterocycles. The van der Waals surface area contributed by atoms with Crippen LogP contribution in [0.2, 0.25) is 0 Å². The van der Waals surface area contributed by atoms with Crippen LogP contribution in [-0.2, 0) is 0 Å². The molecule has 17 heavy (non-hydrogen) atoms. The van der Waals surface area contributed by atoms with E-state index in [0.29, 0.717) is 0 Å². The largest absolute Gasteiger partial charge is 0.372 e. The Hall–Kier alpha value is -1.09. The van der Waals surface area contributed by atoms with Crippen molar-refractivity contribution in [1.29, 1.82) is 0 Å². The number of hydrogen-bond donors (Lipinski definition) is 1. The number of rotatable bonds is 4. The fourth-order valence-electron chi connectivity index (χ4n) is 2.44. The zero-order valence-corrected chi connectivity index (χ0v) is 10.5. The molecule has 0 aliphatic carbocycles. The van der Waals surface area contributed by atoms with Gasteiger partial charge in [-0.15, -0.1) is 0 Å². The van der Waals surface area contributed by atoms with E-state index in [1.807, 2.05) is 12.1 Å². The van der Waals surface area contributed by atoms with Crippen LogP contribution in [0.5, 0.6) is 0 Å². The Balaban J connectivity index is 1.97. The number of anilines is 1. The van der Waals surface area contributed by atoms with Crippen LogP contribution in [0.1, 0.15) is 19.8 Å². The summed E-state index contributed by atoms with van der Waals surface area (Å²) in [5, 5.41) is 3.39. The normalized spacial score (nSPS) is 17.1. The van der Waals surface area contributed by atoms with E-state index >= 15 is 0 Å². The molecule has 1 aliphatic heterocycles. The number of nitrogens with zero attached hydrogens (tertiary/aromatic N) is 1. The van der Waals surface area contributed by atoms with Gasteiger partial charge in [-0.05, 0) is 63.0 Å². The first-order valence-electron chi connectivity index (χ1n) is 6.51. The predicted octanol–water partition coefficient (Wildman–Crippen LogP) is 2.65. The summed E-state index contributed by atoms with van der Waals surface area (Å²) in [5.74, 6) is 0.605. The molecule has 0 saturated carbocycles. The summed E-state index contributed by atoms with van der Waals surface area (Å²) in [6.45, 7) is 6.49. The summed E-state index contributed by atoms with van der Waals surface area (Å²) in [7, 11) is 0. The van der Waals surface area contributed by atoms with Crippen molar-refractivity contribution in [3.05, 3.63) is 30.1 Å². The minimum absolute atomic E-state index is 0.160. The number of benzene rings is 1. The van der Waals surface area contributed by atoms with Gasteiger partial charge < -0.3 is 10.2 Å². The van der Waals surface area contributed by atoms with Crippen molar-refractivity contribution >= 4 is 5.69 Å². The number of hydrogen-bond acceptors (Lipinski definition) is 2. The van der Waals surface area contributed by atoms with E-state index in [1.165, 1.54) is 12.8 Å². The molecule has 0 unspecified atom stereocenters. The van der Waals surface area contributed by atoms with E-state index in [9.17, 15) is 4.39 Å². The molecule has 94 valence electrons. The molecule has 1 N–H and O–H groups in total. The van der Waals surface area contributed by atoms with Crippen LogP contribution in [0.15, 0.2) is 24.3 Å². The molecular weight excluding hydrogens is 215 g/mol. The maximum absolute atomic E-state index is 12.9. The van der Waals surface area contributed by atoms with E-state index in [2.05, 4.69) is 17.1 Å². The van der Waals surface area contributed by atoms with E-state index in [-0.39, 0.29) is 5.82 Å². The Kier molecular flexibility index (Phi) is 4.37. The number of halogens is 1. The van der Waals surface area contributed by atoms with E-state index < -0.39 is 0 Å². The summed E-state index contributed by atoms with van der Waals surface area (Å²) in [6, 6.07) is 6.83. The quantitative estimate of drug-likeness (QED) is 0.864. The summed E-state index contributed by atoms with van der Waals surface area (Å²) < 4.78 is 12.9. The molecule has 1 heterocycles. The van der Waals surface area contributed by atoms with Crippen LogP contribution >= 0.6 is 0 Å². The lowest BCUT2D eigenvalue weighted by Gasteiger charge is -2.30. The third-order valence-electron chi connectivity index (χ3n) is 3.51. The van der Waals surface area contributed by atoms with Gasteiger partial charge in [-0.2, -0.15) is 0 Å². The molecule has 2 nitrogen and oxygen atoms in total. The van der Waals surface area contributed by atoms with Gasteiger partial charge >= 0.3 is 0 Å². The Morgan fingerprint density at radius 3 is 2.47 bits per heavy atom. The average Bonchev–Trinajstić information content (AvgIpc) is 2.38. The lowest BCUT2D eigenvalue weighted by Crippen LogP contribution is -2.36. The maximum Gasteiger partial charge on any atom is 0.123 e. The summed E-state index contributed by atoms with van der Waals surface area (Å²) in [4.78, 5) is 2.34. The predicted molar refractivity (Wildman–Crippen MR) is 69.9 cm³/mol. The highest BCUT2D eigenvalue weighted by Crippen LogP contribution is 2.19. The second kappa shape index (κ2) is 6.01. The number of piperidine rings is 1. The van der Waals surface area contributed by atoms with Crippen molar-refractivity contribution in [2.45, 2.75) is 19.8 Å². The summed E-state index contributed by atoms with van der Waals surface area (Å²) in [6.07, 6.45) is 2.50. The van der Waals surface area contributed by atoms with E-state index in [0.717, 1.165) is 37.8 Å². The molecular formula is C14H21FN2. The fraction of sp³-hybridized carbons (Fsp3) is 0.571. The van der Waals surface area contributed by atoms with Crippen molar-refractivity contribution in [3.63, 3.8) is 0 Å². The molecule has 1 saturated heterocycles. The molecule has 1 aliphatic rings. The van der Waals surface area contributed by atoms with E-state index in [4.69, 9.17) is 0 Å². The standard InChI is InChI=1S/C14H21FN2/c1-2-17(11-12-7-9-16-10-8-12)14-5-3-13(15)4-6-14/h3-6,12,16H,2,7-11H2,1H3. The van der Waals surface area contributed by atoms with Crippen molar-refractivity contribution in [1.82, 2.24) is 5.32 Å². The highest BCUT2D eigenvalue weighted by atomic mass is 19.1. The summed E-state index contributed by atoms with van der Waals surface area (Å²) in [5.41, 5.74) is 1.13. The smallest absolute Gasteiger partial charge is 0.123 e. The molecule has 0 bridgehead atoms. The monoisotopic (exact) mass is 236 g/mol. The lowest BCUT2D eigenvalue weighted by molar-refractivity contribution is 0.374. The highest BCUT2D eigenvalue weighted by Gasteiger charge is 2.16. The van der Waals surface area contributed by atoms with Crippen LogP contribution < -0.4 is 10.2 Å². The van der Waals surface area contributed by atoms with Gasteiger partial charge in [0, 0.05) is 18.8 Å². The molecule has 1 aromatic carbocycles. The van der Waals surface area contributed by atoms with Gasteiger partial charge in [0.15, 0.2) is 0 Å². The van der Waals surface area contributed by atoms with Gasteiger partial charge in [0.05, 0.1) is 0 Å². The molecule has 2 rings (SSSR count). The Bertz CT molecular complexity index is 331. The number of nitrogens with one attached hydrogen (secondary N) is 1. The van der Waals surface area contributed by atoms with Gasteiger partial charge in [-0.3, -0.25) is 0 Å². The second-order valence-electron chi connectivity index (χ2n) is 4.71. The van der Waals surface area contributed by atoms with Gasteiger partial charge in [-0.1, -0.05) is 0 Å². The molecule has 1 fully saturated rings. The topological polar surface area (TPSA) is 15.3 Å². The Morgan fingerprint density at radius 1 is 1.24 bits per heavy atom. The Morgan fingerprint density at radius 2 is 1.88 bits per heavy atom. The molecule has 0 spiro atoms. The third-order valence-corrected chi connectivity index (χ3v) is 3.51. The first-order chi connectivity index (χ1) is 8.29. The van der Waals surface area contributed by atoms with Gasteiger partial charge in [0.25, 0.3) is 0 Å². The first kappa shape index (κ1) is 12.4. The van der Waals surface area contributed by atoms with Crippen LogP contribution in [0.25, 0.3) is 0 Å². The summed E-state index contributed by atoms with van der Waals surface area (Å²) >= 11 is 0. The van der Waals surface area contributed by atoms with Gasteiger partial charge in [-0.25, -0.2) is 4.39 Å². The van der Waals surface area contributed by atoms with Crippen LogP contribution in [0.3, 0.4) is 0 Å². The van der Waals surface area contributed by atoms with Crippen LogP contribution in [0, 0.1) is 11.7 Å². The molecule has 0 atom stereocenters. The van der Waals surface area contributed by atoms with Crippen molar-refractivity contribution in [3.8, 4) is 0 Å². The molecule has 0 amide bonds. The minimum atomic E-state index is -0.160. The Labute approximate surface area is 103 Å². The lowest BCUT2D eigenvalue weighted by atomic mass is 9.97. The molecule has 0 radical (unpaired) electrons. The van der Waals surface area contributed by atoms with Crippen molar-refractivity contribution in [2.24, 2.45) is 5.92 Å². The van der Waals surface area contributed by atoms with E-state index in [1.54, 1.807) is 12.1 Å². The SMILES string of the molecule is CCN(CC1CCNCC1)c1ccc(F)cc1. The van der Waals surface area contributed by atoms with Gasteiger partial charge in [0.1, 0.15) is 5.82 Å². The zero-order chi connectivity index (χ0) is 12.1.